The van der Waals surface area contributed by atoms with Crippen molar-refractivity contribution >= 4 is 11.9 Å². The third-order valence-corrected chi connectivity index (χ3v) is 2.92. The second-order valence-corrected chi connectivity index (χ2v) is 5.37. The molecule has 0 heterocycles. The van der Waals surface area contributed by atoms with Crippen LogP contribution in [-0.2, 0) is 16.1 Å². The van der Waals surface area contributed by atoms with Gasteiger partial charge in [-0.1, -0.05) is 12.1 Å². The number of carbonyl (C=O) groups is 2. The minimum Gasteiger partial charge on any atom is -0.481 e. The third-order valence-electron chi connectivity index (χ3n) is 2.92. The van der Waals surface area contributed by atoms with Gasteiger partial charge in [-0.2, -0.15) is 0 Å². The number of ether oxygens (including phenoxy) is 1. The molecule has 0 saturated heterocycles. The van der Waals surface area contributed by atoms with Crippen molar-refractivity contribution in [2.45, 2.75) is 38.8 Å². The molecule has 0 aliphatic heterocycles. The lowest BCUT2D eigenvalue weighted by Crippen LogP contribution is -2.43. The Kier molecular flexibility index (Phi) is 5.70. The molecule has 0 fully saturated rings. The van der Waals surface area contributed by atoms with Crippen molar-refractivity contribution in [3.63, 3.8) is 0 Å². The second-order valence-electron chi connectivity index (χ2n) is 5.37. The lowest BCUT2D eigenvalue weighted by atomic mass is 9.97. The van der Waals surface area contributed by atoms with Gasteiger partial charge < -0.3 is 15.2 Å². The van der Waals surface area contributed by atoms with E-state index in [9.17, 15) is 9.59 Å². The molecule has 1 aromatic rings. The molecular weight excluding hydrogens is 258 g/mol. The van der Waals surface area contributed by atoms with Gasteiger partial charge in [-0.3, -0.25) is 9.59 Å². The molecule has 0 aliphatic rings. The molecule has 1 amide bonds. The van der Waals surface area contributed by atoms with Crippen molar-refractivity contribution in [3.05, 3.63) is 35.4 Å². The van der Waals surface area contributed by atoms with E-state index in [1.54, 1.807) is 25.3 Å². The number of aliphatic carboxylic acids is 1. The van der Waals surface area contributed by atoms with Gasteiger partial charge in [0.15, 0.2) is 0 Å². The van der Waals surface area contributed by atoms with Crippen LogP contribution < -0.4 is 5.32 Å². The van der Waals surface area contributed by atoms with Gasteiger partial charge in [-0.25, -0.2) is 0 Å². The Morgan fingerprint density at radius 1 is 1.35 bits per heavy atom. The quantitative estimate of drug-likeness (QED) is 0.802. The molecule has 0 bridgehead atoms. The van der Waals surface area contributed by atoms with Gasteiger partial charge in [-0.05, 0) is 38.0 Å². The van der Waals surface area contributed by atoms with Crippen LogP contribution in [0.1, 0.15) is 42.6 Å². The number of methoxy groups -OCH3 is 1. The lowest BCUT2D eigenvalue weighted by Gasteiger charge is -2.25. The zero-order valence-corrected chi connectivity index (χ0v) is 12.1. The van der Waals surface area contributed by atoms with Gasteiger partial charge in [0.25, 0.3) is 5.91 Å². The highest BCUT2D eigenvalue weighted by molar-refractivity contribution is 5.94. The summed E-state index contributed by atoms with van der Waals surface area (Å²) < 4.78 is 5.03. The Labute approximate surface area is 118 Å². The van der Waals surface area contributed by atoms with Gasteiger partial charge >= 0.3 is 5.97 Å². The van der Waals surface area contributed by atoms with Crippen LogP contribution in [-0.4, -0.2) is 29.6 Å². The number of carboxylic acid groups (broad SMARTS) is 1. The normalized spacial score (nSPS) is 11.2. The zero-order valence-electron chi connectivity index (χ0n) is 12.1. The summed E-state index contributed by atoms with van der Waals surface area (Å²) >= 11 is 0. The molecule has 0 spiro atoms. The largest absolute Gasteiger partial charge is 0.481 e. The molecule has 0 unspecified atom stereocenters. The maximum Gasteiger partial charge on any atom is 0.303 e. The van der Waals surface area contributed by atoms with E-state index >= 15 is 0 Å². The van der Waals surface area contributed by atoms with Crippen LogP contribution in [0.25, 0.3) is 0 Å². The standard InChI is InChI=1S/C15H21NO4/c1-15(2,8-7-13(17)18)16-14(19)12-6-4-5-11(9-12)10-20-3/h4-6,9H,7-8,10H2,1-3H3,(H,16,19)(H,17,18). The van der Waals surface area contributed by atoms with Gasteiger partial charge in [0.1, 0.15) is 0 Å². The molecule has 0 aromatic heterocycles. The van der Waals surface area contributed by atoms with Crippen molar-refractivity contribution in [2.24, 2.45) is 0 Å². The minimum absolute atomic E-state index is 0.0248. The first-order valence-corrected chi connectivity index (χ1v) is 6.46. The molecular formula is C15H21NO4. The highest BCUT2D eigenvalue weighted by atomic mass is 16.5. The monoisotopic (exact) mass is 279 g/mol. The molecule has 0 aliphatic carbocycles. The molecule has 5 heteroatoms. The average Bonchev–Trinajstić information content (AvgIpc) is 2.37. The predicted octanol–water partition coefficient (Wildman–Crippen LogP) is 2.21. The van der Waals surface area contributed by atoms with E-state index in [2.05, 4.69) is 5.32 Å². The van der Waals surface area contributed by atoms with Crippen molar-refractivity contribution in [1.82, 2.24) is 5.32 Å². The van der Waals surface area contributed by atoms with E-state index in [1.165, 1.54) is 0 Å². The van der Waals surface area contributed by atoms with Crippen LogP contribution >= 0.6 is 0 Å². The van der Waals surface area contributed by atoms with Crippen LogP contribution in [0.3, 0.4) is 0 Å². The molecule has 110 valence electrons. The number of amides is 1. The first-order valence-electron chi connectivity index (χ1n) is 6.46. The zero-order chi connectivity index (χ0) is 15.2. The Hall–Kier alpha value is -1.88. The number of hydrogen-bond acceptors (Lipinski definition) is 3. The molecule has 1 rings (SSSR count). The first kappa shape index (κ1) is 16.2. The molecule has 20 heavy (non-hydrogen) atoms. The van der Waals surface area contributed by atoms with Crippen LogP contribution in [0.5, 0.6) is 0 Å². The topological polar surface area (TPSA) is 75.6 Å². The van der Waals surface area contributed by atoms with Gasteiger partial charge in [0.05, 0.1) is 6.61 Å². The highest BCUT2D eigenvalue weighted by Crippen LogP contribution is 2.13. The predicted molar refractivity (Wildman–Crippen MR) is 75.6 cm³/mol. The van der Waals surface area contributed by atoms with E-state index in [1.807, 2.05) is 19.9 Å². The maximum absolute atomic E-state index is 12.2. The Morgan fingerprint density at radius 2 is 2.05 bits per heavy atom. The maximum atomic E-state index is 12.2. The highest BCUT2D eigenvalue weighted by Gasteiger charge is 2.22. The summed E-state index contributed by atoms with van der Waals surface area (Å²) in [5, 5.41) is 11.6. The summed E-state index contributed by atoms with van der Waals surface area (Å²) in [6, 6.07) is 7.18. The summed E-state index contributed by atoms with van der Waals surface area (Å²) in [5.41, 5.74) is 0.902. The van der Waals surface area contributed by atoms with E-state index in [4.69, 9.17) is 9.84 Å². The number of carboxylic acids is 1. The second kappa shape index (κ2) is 7.05. The van der Waals surface area contributed by atoms with Crippen LogP contribution in [0.2, 0.25) is 0 Å². The van der Waals surface area contributed by atoms with E-state index in [0.717, 1.165) is 5.56 Å². The Morgan fingerprint density at radius 3 is 2.65 bits per heavy atom. The van der Waals surface area contributed by atoms with E-state index in [-0.39, 0.29) is 12.3 Å². The number of benzene rings is 1. The molecule has 0 saturated carbocycles. The van der Waals surface area contributed by atoms with Crippen molar-refractivity contribution in [2.75, 3.05) is 7.11 Å². The summed E-state index contributed by atoms with van der Waals surface area (Å²) in [4.78, 5) is 22.8. The van der Waals surface area contributed by atoms with E-state index in [0.29, 0.717) is 18.6 Å². The molecule has 5 nitrogen and oxygen atoms in total. The third kappa shape index (κ3) is 5.40. The number of carbonyl (C=O) groups excluding carboxylic acids is 1. The molecule has 2 N–H and O–H groups in total. The summed E-state index contributed by atoms with van der Waals surface area (Å²) in [7, 11) is 1.60. The smallest absolute Gasteiger partial charge is 0.303 e. The van der Waals surface area contributed by atoms with Crippen LogP contribution in [0.4, 0.5) is 0 Å². The molecule has 1 aromatic carbocycles. The molecule has 0 atom stereocenters. The van der Waals surface area contributed by atoms with Gasteiger partial charge in [-0.15, -0.1) is 0 Å². The number of rotatable bonds is 7. The number of hydrogen-bond donors (Lipinski definition) is 2. The SMILES string of the molecule is COCc1cccc(C(=O)NC(C)(C)CCC(=O)O)c1. The fourth-order valence-corrected chi connectivity index (χ4v) is 1.83. The Bertz CT molecular complexity index is 483. The van der Waals surface area contributed by atoms with Crippen molar-refractivity contribution < 1.29 is 19.4 Å². The van der Waals surface area contributed by atoms with Gasteiger partial charge in [0.2, 0.25) is 0 Å². The number of nitrogens with one attached hydrogen (secondary N) is 1. The van der Waals surface area contributed by atoms with Crippen molar-refractivity contribution in [1.29, 1.82) is 0 Å². The first-order chi connectivity index (χ1) is 9.34. The fraction of sp³-hybridized carbons (Fsp3) is 0.467. The lowest BCUT2D eigenvalue weighted by molar-refractivity contribution is -0.137. The summed E-state index contributed by atoms with van der Waals surface area (Å²) in [5.74, 6) is -1.08. The van der Waals surface area contributed by atoms with Crippen LogP contribution in [0.15, 0.2) is 24.3 Å². The minimum atomic E-state index is -0.866. The molecule has 0 radical (unpaired) electrons. The van der Waals surface area contributed by atoms with Crippen molar-refractivity contribution in [3.8, 4) is 0 Å². The summed E-state index contributed by atoms with van der Waals surface area (Å²) in [6.07, 6.45) is 0.406. The summed E-state index contributed by atoms with van der Waals surface area (Å²) in [6.45, 7) is 4.07. The van der Waals surface area contributed by atoms with E-state index < -0.39 is 11.5 Å². The van der Waals surface area contributed by atoms with Gasteiger partial charge in [0, 0.05) is 24.6 Å². The van der Waals surface area contributed by atoms with Crippen LogP contribution in [0, 0.1) is 0 Å². The fourth-order valence-electron chi connectivity index (χ4n) is 1.83. The average molecular weight is 279 g/mol. The Balaban J connectivity index is 2.70.